The van der Waals surface area contributed by atoms with Gasteiger partial charge in [-0.3, -0.25) is 0 Å². The van der Waals surface area contributed by atoms with Crippen LogP contribution in [-0.4, -0.2) is 23.2 Å². The van der Waals surface area contributed by atoms with Crippen LogP contribution in [0, 0.1) is 0 Å². The third-order valence-electron chi connectivity index (χ3n) is 2.63. The van der Waals surface area contributed by atoms with E-state index < -0.39 is 5.97 Å². The number of esters is 1. The lowest BCUT2D eigenvalue weighted by molar-refractivity contribution is 0.0595. The molecular formula is C13H13NO3. The number of aromatic hydroxyl groups is 1. The van der Waals surface area contributed by atoms with Crippen molar-refractivity contribution >= 4 is 16.9 Å². The van der Waals surface area contributed by atoms with Crippen LogP contribution in [0.15, 0.2) is 30.9 Å². The van der Waals surface area contributed by atoms with Crippen molar-refractivity contribution < 1.29 is 14.6 Å². The number of hydrogen-bond donors (Lipinski definition) is 2. The minimum absolute atomic E-state index is 0.190. The van der Waals surface area contributed by atoms with E-state index in [2.05, 4.69) is 16.3 Å². The molecule has 0 fully saturated rings. The Hall–Kier alpha value is -2.23. The molecule has 0 aliphatic rings. The molecule has 0 aliphatic carbocycles. The van der Waals surface area contributed by atoms with E-state index in [4.69, 9.17) is 0 Å². The highest BCUT2D eigenvalue weighted by atomic mass is 16.5. The van der Waals surface area contributed by atoms with E-state index in [-0.39, 0.29) is 5.75 Å². The summed E-state index contributed by atoms with van der Waals surface area (Å²) in [6, 6.07) is 5.06. The summed E-state index contributed by atoms with van der Waals surface area (Å²) < 4.78 is 4.64. The lowest BCUT2D eigenvalue weighted by Crippen LogP contribution is -2.00. The maximum atomic E-state index is 11.4. The molecule has 1 heterocycles. The lowest BCUT2D eigenvalue weighted by atomic mass is 10.1. The third-order valence-corrected chi connectivity index (χ3v) is 2.63. The van der Waals surface area contributed by atoms with E-state index in [1.54, 1.807) is 24.3 Å². The summed E-state index contributed by atoms with van der Waals surface area (Å²) in [6.45, 7) is 3.65. The Morgan fingerprint density at radius 1 is 1.59 bits per heavy atom. The van der Waals surface area contributed by atoms with E-state index in [0.29, 0.717) is 12.1 Å². The summed E-state index contributed by atoms with van der Waals surface area (Å²) in [5.41, 5.74) is 1.84. The fourth-order valence-corrected chi connectivity index (χ4v) is 1.82. The standard InChI is InChI=1S/C13H13NO3/c1-3-4-9-11(15)6-5-8-7-10(13(16)17-2)14-12(8)9/h3,5-7,14-15H,1,4H2,2H3. The first-order chi connectivity index (χ1) is 8.17. The second-order valence-corrected chi connectivity index (χ2v) is 3.69. The van der Waals surface area contributed by atoms with Crippen molar-refractivity contribution in [3.8, 4) is 5.75 Å². The molecule has 0 atom stereocenters. The predicted octanol–water partition coefficient (Wildman–Crippen LogP) is 2.39. The number of nitrogens with one attached hydrogen (secondary N) is 1. The monoisotopic (exact) mass is 231 g/mol. The molecule has 2 aromatic rings. The Kier molecular flexibility index (Phi) is 2.87. The van der Waals surface area contributed by atoms with Gasteiger partial charge in [0.1, 0.15) is 11.4 Å². The Balaban J connectivity index is 2.63. The van der Waals surface area contributed by atoms with Gasteiger partial charge < -0.3 is 14.8 Å². The predicted molar refractivity (Wildman–Crippen MR) is 65.2 cm³/mol. The number of H-pyrrole nitrogens is 1. The fourth-order valence-electron chi connectivity index (χ4n) is 1.82. The Labute approximate surface area is 98.5 Å². The molecule has 0 radical (unpaired) electrons. The topological polar surface area (TPSA) is 62.3 Å². The van der Waals surface area contributed by atoms with Crippen LogP contribution in [0.2, 0.25) is 0 Å². The Morgan fingerprint density at radius 2 is 2.35 bits per heavy atom. The molecule has 1 aromatic carbocycles. The number of carbonyl (C=O) groups excluding carboxylic acids is 1. The number of allylic oxidation sites excluding steroid dienone is 1. The summed E-state index contributed by atoms with van der Waals surface area (Å²) in [5, 5.41) is 10.6. The number of rotatable bonds is 3. The van der Waals surface area contributed by atoms with E-state index in [0.717, 1.165) is 16.5 Å². The molecule has 0 spiro atoms. The van der Waals surface area contributed by atoms with E-state index in [1.807, 2.05) is 0 Å². The van der Waals surface area contributed by atoms with Gasteiger partial charge in [0.25, 0.3) is 0 Å². The number of aromatic amines is 1. The van der Waals surface area contributed by atoms with Crippen molar-refractivity contribution in [3.05, 3.63) is 42.1 Å². The Morgan fingerprint density at radius 3 is 3.00 bits per heavy atom. The first-order valence-corrected chi connectivity index (χ1v) is 5.20. The van der Waals surface area contributed by atoms with Crippen molar-refractivity contribution in [2.24, 2.45) is 0 Å². The molecular weight excluding hydrogens is 218 g/mol. The van der Waals surface area contributed by atoms with Crippen molar-refractivity contribution in [2.45, 2.75) is 6.42 Å². The molecule has 0 unspecified atom stereocenters. The highest BCUT2D eigenvalue weighted by molar-refractivity contribution is 5.96. The summed E-state index contributed by atoms with van der Waals surface area (Å²) in [5.74, 6) is -0.235. The molecule has 1 aromatic heterocycles. The summed E-state index contributed by atoms with van der Waals surface area (Å²) in [6.07, 6.45) is 2.23. The van der Waals surface area contributed by atoms with Gasteiger partial charge in [0.15, 0.2) is 0 Å². The minimum atomic E-state index is -0.426. The van der Waals surface area contributed by atoms with Gasteiger partial charge in [0.05, 0.1) is 12.6 Å². The van der Waals surface area contributed by atoms with Crippen molar-refractivity contribution in [2.75, 3.05) is 7.11 Å². The lowest BCUT2D eigenvalue weighted by Gasteiger charge is -2.02. The molecule has 0 saturated carbocycles. The Bertz CT molecular complexity index is 584. The van der Waals surface area contributed by atoms with Crippen molar-refractivity contribution in [1.29, 1.82) is 0 Å². The van der Waals surface area contributed by atoms with Gasteiger partial charge in [-0.2, -0.15) is 0 Å². The van der Waals surface area contributed by atoms with Gasteiger partial charge in [-0.05, 0) is 24.6 Å². The minimum Gasteiger partial charge on any atom is -0.508 e. The molecule has 2 rings (SSSR count). The number of methoxy groups -OCH3 is 1. The average Bonchev–Trinajstić information content (AvgIpc) is 2.76. The van der Waals surface area contributed by atoms with E-state index in [1.165, 1.54) is 7.11 Å². The van der Waals surface area contributed by atoms with Crippen LogP contribution in [0.25, 0.3) is 10.9 Å². The van der Waals surface area contributed by atoms with Crippen LogP contribution >= 0.6 is 0 Å². The number of fused-ring (bicyclic) bond motifs is 1. The van der Waals surface area contributed by atoms with E-state index in [9.17, 15) is 9.90 Å². The van der Waals surface area contributed by atoms with Gasteiger partial charge >= 0.3 is 5.97 Å². The van der Waals surface area contributed by atoms with E-state index >= 15 is 0 Å². The number of aromatic nitrogens is 1. The molecule has 4 heteroatoms. The maximum absolute atomic E-state index is 11.4. The van der Waals surface area contributed by atoms with Crippen LogP contribution in [0.3, 0.4) is 0 Å². The smallest absolute Gasteiger partial charge is 0.354 e. The van der Waals surface area contributed by atoms with Crippen LogP contribution in [0.5, 0.6) is 5.75 Å². The zero-order valence-corrected chi connectivity index (χ0v) is 9.49. The molecule has 0 bridgehead atoms. The third kappa shape index (κ3) is 1.89. The van der Waals surface area contributed by atoms with Crippen LogP contribution in [-0.2, 0) is 11.2 Å². The highest BCUT2D eigenvalue weighted by Gasteiger charge is 2.13. The number of phenols is 1. The molecule has 17 heavy (non-hydrogen) atoms. The number of carbonyl (C=O) groups is 1. The first kappa shape index (κ1) is 11.3. The summed E-state index contributed by atoms with van der Waals surface area (Å²) in [7, 11) is 1.33. The molecule has 0 aliphatic heterocycles. The number of benzene rings is 1. The average molecular weight is 231 g/mol. The molecule has 4 nitrogen and oxygen atoms in total. The molecule has 88 valence electrons. The SMILES string of the molecule is C=CCc1c(O)ccc2cc(C(=O)OC)[nH]c12. The van der Waals surface area contributed by atoms with Crippen LogP contribution < -0.4 is 0 Å². The zero-order chi connectivity index (χ0) is 12.4. The maximum Gasteiger partial charge on any atom is 0.354 e. The number of hydrogen-bond acceptors (Lipinski definition) is 3. The first-order valence-electron chi connectivity index (χ1n) is 5.20. The van der Waals surface area contributed by atoms with Gasteiger partial charge in [0, 0.05) is 10.9 Å². The van der Waals surface area contributed by atoms with Crippen molar-refractivity contribution in [3.63, 3.8) is 0 Å². The molecule has 0 amide bonds. The van der Waals surface area contributed by atoms with Crippen LogP contribution in [0.1, 0.15) is 16.1 Å². The largest absolute Gasteiger partial charge is 0.508 e. The number of phenolic OH excluding ortho intramolecular Hbond substituents is 1. The highest BCUT2D eigenvalue weighted by Crippen LogP contribution is 2.28. The molecule has 0 saturated heterocycles. The normalized spacial score (nSPS) is 10.4. The number of ether oxygens (including phenoxy) is 1. The van der Waals surface area contributed by atoms with Crippen molar-refractivity contribution in [1.82, 2.24) is 4.98 Å². The quantitative estimate of drug-likeness (QED) is 0.629. The second-order valence-electron chi connectivity index (χ2n) is 3.69. The summed E-state index contributed by atoms with van der Waals surface area (Å²) in [4.78, 5) is 14.4. The van der Waals surface area contributed by atoms with Gasteiger partial charge in [-0.25, -0.2) is 4.79 Å². The summed E-state index contributed by atoms with van der Waals surface area (Å²) >= 11 is 0. The zero-order valence-electron chi connectivity index (χ0n) is 9.49. The van der Waals surface area contributed by atoms with Gasteiger partial charge in [-0.1, -0.05) is 6.08 Å². The van der Waals surface area contributed by atoms with Crippen LogP contribution in [0.4, 0.5) is 0 Å². The van der Waals surface area contributed by atoms with Gasteiger partial charge in [-0.15, -0.1) is 6.58 Å². The second kappa shape index (κ2) is 4.33. The molecule has 2 N–H and O–H groups in total. The fraction of sp³-hybridized carbons (Fsp3) is 0.154. The van der Waals surface area contributed by atoms with Gasteiger partial charge in [0.2, 0.25) is 0 Å².